The van der Waals surface area contributed by atoms with Crippen molar-refractivity contribution < 1.29 is 4.79 Å². The Morgan fingerprint density at radius 2 is 2.17 bits per heavy atom. The smallest absolute Gasteiger partial charge is 0.228 e. The molecule has 0 saturated carbocycles. The van der Waals surface area contributed by atoms with E-state index in [2.05, 4.69) is 20.9 Å². The van der Waals surface area contributed by atoms with Gasteiger partial charge in [0.05, 0.1) is 5.52 Å². The monoisotopic (exact) mass is 304 g/mol. The molecule has 1 aromatic carbocycles. The normalized spacial score (nSPS) is 19.8. The van der Waals surface area contributed by atoms with Crippen molar-refractivity contribution in [3.05, 3.63) is 36.0 Å². The fourth-order valence-corrected chi connectivity index (χ4v) is 2.86. The van der Waals surface area contributed by atoms with Crippen molar-refractivity contribution in [2.75, 3.05) is 11.4 Å². The van der Waals surface area contributed by atoms with Crippen LogP contribution < -0.4 is 4.90 Å². The molecule has 1 atom stereocenters. The molecule has 0 spiro atoms. The Morgan fingerprint density at radius 1 is 1.33 bits per heavy atom. The van der Waals surface area contributed by atoms with Crippen molar-refractivity contribution in [3.8, 4) is 0 Å². The number of anilines is 1. The molecule has 0 radical (unpaired) electrons. The number of aryl methyl sites for hydroxylation is 1. The van der Waals surface area contributed by atoms with E-state index < -0.39 is 0 Å². The van der Waals surface area contributed by atoms with Gasteiger partial charge in [-0.2, -0.15) is 0 Å². The van der Waals surface area contributed by atoms with E-state index in [1.54, 1.807) is 0 Å². The predicted molar refractivity (Wildman–Crippen MR) is 76.2 cm³/mol. The Hall–Kier alpha value is -1.42. The summed E-state index contributed by atoms with van der Waals surface area (Å²) in [5.41, 5.74) is 2.94. The molecule has 1 amide bonds. The van der Waals surface area contributed by atoms with Gasteiger partial charge in [0.2, 0.25) is 5.91 Å². The van der Waals surface area contributed by atoms with Gasteiger partial charge in [-0.1, -0.05) is 22.0 Å². The van der Waals surface area contributed by atoms with E-state index in [9.17, 15) is 4.79 Å². The summed E-state index contributed by atoms with van der Waals surface area (Å²) in [5.74, 6) is 0.177. The topological polar surface area (TPSA) is 33.2 Å². The van der Waals surface area contributed by atoms with Crippen molar-refractivity contribution in [1.29, 1.82) is 0 Å². The Labute approximate surface area is 114 Å². The Kier molecular flexibility index (Phi) is 2.82. The molecule has 0 bridgehead atoms. The van der Waals surface area contributed by atoms with Gasteiger partial charge < -0.3 is 4.90 Å². The summed E-state index contributed by atoms with van der Waals surface area (Å²) in [7, 11) is 0. The lowest BCUT2D eigenvalue weighted by Crippen LogP contribution is -2.24. The number of pyridine rings is 1. The van der Waals surface area contributed by atoms with E-state index in [0.717, 1.165) is 28.8 Å². The molecule has 1 fully saturated rings. The van der Waals surface area contributed by atoms with E-state index >= 15 is 0 Å². The fraction of sp³-hybridized carbons (Fsp3) is 0.286. The molecular weight excluding hydrogens is 292 g/mol. The van der Waals surface area contributed by atoms with Crippen LogP contribution in [0.4, 0.5) is 5.69 Å². The predicted octanol–water partition coefficient (Wildman–Crippen LogP) is 3.04. The van der Waals surface area contributed by atoms with Crippen LogP contribution in [0.15, 0.2) is 30.3 Å². The number of carbonyl (C=O) groups is 1. The zero-order valence-corrected chi connectivity index (χ0v) is 11.6. The third kappa shape index (κ3) is 2.01. The highest BCUT2D eigenvalue weighted by molar-refractivity contribution is 9.09. The fourth-order valence-electron chi connectivity index (χ4n) is 2.30. The lowest BCUT2D eigenvalue weighted by Gasteiger charge is -2.16. The highest BCUT2D eigenvalue weighted by Gasteiger charge is 2.28. The molecule has 1 unspecified atom stereocenters. The third-order valence-corrected chi connectivity index (χ3v) is 3.81. The van der Waals surface area contributed by atoms with Gasteiger partial charge in [-0.3, -0.25) is 9.78 Å². The molecule has 1 aromatic heterocycles. The summed E-state index contributed by atoms with van der Waals surface area (Å²) >= 11 is 3.50. The minimum atomic E-state index is 0.177. The second-order valence-corrected chi connectivity index (χ2v) is 5.93. The van der Waals surface area contributed by atoms with Crippen molar-refractivity contribution in [3.63, 3.8) is 0 Å². The van der Waals surface area contributed by atoms with Gasteiger partial charge in [-0.25, -0.2) is 0 Å². The van der Waals surface area contributed by atoms with Gasteiger partial charge in [0.25, 0.3) is 0 Å². The molecule has 18 heavy (non-hydrogen) atoms. The van der Waals surface area contributed by atoms with Gasteiger partial charge in [0, 0.05) is 34.6 Å². The first-order valence-corrected chi connectivity index (χ1v) is 6.87. The number of nitrogens with zero attached hydrogens (tertiary/aromatic N) is 2. The molecule has 0 aliphatic carbocycles. The van der Waals surface area contributed by atoms with Crippen molar-refractivity contribution in [1.82, 2.24) is 4.98 Å². The molecule has 92 valence electrons. The van der Waals surface area contributed by atoms with Gasteiger partial charge in [0.15, 0.2) is 0 Å². The van der Waals surface area contributed by atoms with Gasteiger partial charge >= 0.3 is 0 Å². The molecular formula is C14H13BrN2O. The molecule has 1 aliphatic rings. The second-order valence-electron chi connectivity index (χ2n) is 4.64. The quantitative estimate of drug-likeness (QED) is 0.759. The molecule has 3 rings (SSSR count). The number of hydrogen-bond donors (Lipinski definition) is 0. The van der Waals surface area contributed by atoms with Crippen LogP contribution in [0.5, 0.6) is 0 Å². The SMILES string of the molecule is Cc1ccc2cc(N3CC(Br)CC3=O)ccc2n1. The molecule has 2 aromatic rings. The number of rotatable bonds is 1. The van der Waals surface area contributed by atoms with Gasteiger partial charge in [0.1, 0.15) is 0 Å². The number of aromatic nitrogens is 1. The molecule has 0 N–H and O–H groups in total. The summed E-state index contributed by atoms with van der Waals surface area (Å²) in [4.78, 5) is 18.4. The maximum Gasteiger partial charge on any atom is 0.228 e. The Bertz CT molecular complexity index is 626. The van der Waals surface area contributed by atoms with Crippen LogP contribution >= 0.6 is 15.9 Å². The van der Waals surface area contributed by atoms with Crippen LogP contribution in [-0.2, 0) is 4.79 Å². The molecule has 1 saturated heterocycles. The van der Waals surface area contributed by atoms with Crippen molar-refractivity contribution >= 4 is 38.4 Å². The maximum atomic E-state index is 11.9. The Balaban J connectivity index is 2.03. The van der Waals surface area contributed by atoms with E-state index in [4.69, 9.17) is 0 Å². The number of alkyl halides is 1. The number of amides is 1. The van der Waals surface area contributed by atoms with Crippen LogP contribution in [0.2, 0.25) is 0 Å². The largest absolute Gasteiger partial charge is 0.311 e. The highest BCUT2D eigenvalue weighted by Crippen LogP contribution is 2.27. The first-order chi connectivity index (χ1) is 8.63. The van der Waals surface area contributed by atoms with E-state index in [0.29, 0.717) is 6.42 Å². The standard InChI is InChI=1S/C14H13BrN2O/c1-9-2-3-10-6-12(4-5-13(10)16-9)17-8-11(15)7-14(17)18/h2-6,11H,7-8H2,1H3. The summed E-state index contributed by atoms with van der Waals surface area (Å²) in [6.45, 7) is 2.72. The van der Waals surface area contributed by atoms with E-state index in [1.165, 1.54) is 0 Å². The number of fused-ring (bicyclic) bond motifs is 1. The minimum absolute atomic E-state index is 0.177. The summed E-state index contributed by atoms with van der Waals surface area (Å²) < 4.78 is 0. The number of halogens is 1. The number of hydrogen-bond acceptors (Lipinski definition) is 2. The van der Waals surface area contributed by atoms with Gasteiger partial charge in [-0.15, -0.1) is 0 Å². The van der Waals surface area contributed by atoms with E-state index in [1.807, 2.05) is 42.2 Å². The summed E-state index contributed by atoms with van der Waals surface area (Å²) in [5, 5.41) is 1.07. The van der Waals surface area contributed by atoms with Crippen LogP contribution in [0, 0.1) is 6.92 Å². The number of benzene rings is 1. The molecule has 1 aliphatic heterocycles. The van der Waals surface area contributed by atoms with Crippen LogP contribution in [0.1, 0.15) is 12.1 Å². The van der Waals surface area contributed by atoms with Gasteiger partial charge in [-0.05, 0) is 31.2 Å². The molecule has 4 heteroatoms. The first-order valence-electron chi connectivity index (χ1n) is 5.95. The number of carbonyl (C=O) groups excluding carboxylic acids is 1. The Morgan fingerprint density at radius 3 is 2.89 bits per heavy atom. The third-order valence-electron chi connectivity index (χ3n) is 3.20. The zero-order chi connectivity index (χ0) is 12.7. The summed E-state index contributed by atoms with van der Waals surface area (Å²) in [6.07, 6.45) is 0.574. The maximum absolute atomic E-state index is 11.9. The van der Waals surface area contributed by atoms with E-state index in [-0.39, 0.29) is 10.7 Å². The molecule has 3 nitrogen and oxygen atoms in total. The van der Waals surface area contributed by atoms with Crippen molar-refractivity contribution in [2.24, 2.45) is 0 Å². The van der Waals surface area contributed by atoms with Crippen LogP contribution in [0.3, 0.4) is 0 Å². The lowest BCUT2D eigenvalue weighted by molar-refractivity contribution is -0.117. The lowest BCUT2D eigenvalue weighted by atomic mass is 10.1. The van der Waals surface area contributed by atoms with Crippen LogP contribution in [-0.4, -0.2) is 22.3 Å². The zero-order valence-electron chi connectivity index (χ0n) is 10.1. The second kappa shape index (κ2) is 4.35. The first kappa shape index (κ1) is 11.7. The average molecular weight is 305 g/mol. The molecule has 2 heterocycles. The summed E-state index contributed by atoms with van der Waals surface area (Å²) in [6, 6.07) is 10.0. The van der Waals surface area contributed by atoms with Crippen molar-refractivity contribution in [2.45, 2.75) is 18.2 Å². The average Bonchev–Trinajstić information content (AvgIpc) is 2.68. The minimum Gasteiger partial charge on any atom is -0.311 e. The van der Waals surface area contributed by atoms with Crippen LogP contribution in [0.25, 0.3) is 10.9 Å². The highest BCUT2D eigenvalue weighted by atomic mass is 79.9.